The van der Waals surface area contributed by atoms with Gasteiger partial charge in [0.15, 0.2) is 0 Å². The molecular formula is C15H23N3O2. The smallest absolute Gasteiger partial charge is 0.325 e. The lowest BCUT2D eigenvalue weighted by Gasteiger charge is -2.27. The fourth-order valence-corrected chi connectivity index (χ4v) is 2.59. The molecule has 0 aromatic heterocycles. The van der Waals surface area contributed by atoms with Gasteiger partial charge >= 0.3 is 5.97 Å². The average Bonchev–Trinajstić information content (AvgIpc) is 2.68. The van der Waals surface area contributed by atoms with Gasteiger partial charge in [0.25, 0.3) is 0 Å². The van der Waals surface area contributed by atoms with Crippen LogP contribution < -0.4 is 10.2 Å². The van der Waals surface area contributed by atoms with Crippen molar-refractivity contribution in [2.45, 2.75) is 12.5 Å². The van der Waals surface area contributed by atoms with Crippen LogP contribution in [-0.2, 0) is 4.79 Å². The highest BCUT2D eigenvalue weighted by Gasteiger charge is 2.27. The lowest BCUT2D eigenvalue weighted by Crippen LogP contribution is -2.36. The third-order valence-electron chi connectivity index (χ3n) is 3.70. The van der Waals surface area contributed by atoms with E-state index in [0.29, 0.717) is 0 Å². The number of carboxylic acids is 1. The van der Waals surface area contributed by atoms with Crippen LogP contribution in [0.25, 0.3) is 0 Å². The largest absolute Gasteiger partial charge is 0.480 e. The van der Waals surface area contributed by atoms with E-state index in [-0.39, 0.29) is 0 Å². The Hall–Kier alpha value is -1.59. The fraction of sp³-hybridized carbons (Fsp3) is 0.533. The van der Waals surface area contributed by atoms with Crippen molar-refractivity contribution < 1.29 is 9.90 Å². The van der Waals surface area contributed by atoms with E-state index in [2.05, 4.69) is 5.32 Å². The monoisotopic (exact) mass is 277 g/mol. The molecule has 1 heterocycles. The highest BCUT2D eigenvalue weighted by Crippen LogP contribution is 2.24. The molecule has 1 aromatic carbocycles. The Morgan fingerprint density at radius 2 is 1.95 bits per heavy atom. The van der Waals surface area contributed by atoms with Crippen molar-refractivity contribution in [3.05, 3.63) is 29.8 Å². The lowest BCUT2D eigenvalue weighted by atomic mass is 10.0. The molecule has 1 saturated heterocycles. The molecule has 1 unspecified atom stereocenters. The molecule has 2 rings (SSSR count). The zero-order chi connectivity index (χ0) is 14.5. The second-order valence-corrected chi connectivity index (χ2v) is 5.37. The third kappa shape index (κ3) is 3.49. The molecule has 1 aromatic rings. The van der Waals surface area contributed by atoms with Crippen molar-refractivity contribution >= 4 is 11.7 Å². The normalized spacial score (nSPS) is 18.3. The maximum atomic E-state index is 11.7. The Morgan fingerprint density at radius 3 is 2.55 bits per heavy atom. The Morgan fingerprint density at radius 1 is 1.25 bits per heavy atom. The Labute approximate surface area is 120 Å². The SMILES string of the molecule is CN(C)c1ccc(C(C(=O)O)N2CCCNCC2)cc1. The minimum atomic E-state index is -0.774. The van der Waals surface area contributed by atoms with Crippen molar-refractivity contribution in [1.82, 2.24) is 10.2 Å². The second kappa shape index (κ2) is 6.72. The quantitative estimate of drug-likeness (QED) is 0.865. The van der Waals surface area contributed by atoms with Crippen molar-refractivity contribution in [1.29, 1.82) is 0 Å². The van der Waals surface area contributed by atoms with Gasteiger partial charge in [0.2, 0.25) is 0 Å². The van der Waals surface area contributed by atoms with Gasteiger partial charge in [-0.25, -0.2) is 0 Å². The topological polar surface area (TPSA) is 55.8 Å². The summed E-state index contributed by atoms with van der Waals surface area (Å²) in [7, 11) is 3.95. The number of aliphatic carboxylic acids is 1. The molecule has 1 atom stereocenters. The van der Waals surface area contributed by atoms with Gasteiger partial charge in [-0.15, -0.1) is 0 Å². The number of anilines is 1. The molecule has 20 heavy (non-hydrogen) atoms. The van der Waals surface area contributed by atoms with E-state index in [0.717, 1.165) is 43.9 Å². The molecule has 0 saturated carbocycles. The van der Waals surface area contributed by atoms with Crippen molar-refractivity contribution in [3.8, 4) is 0 Å². The first-order chi connectivity index (χ1) is 9.59. The molecule has 0 amide bonds. The van der Waals surface area contributed by atoms with Crippen LogP contribution in [-0.4, -0.2) is 56.3 Å². The van der Waals surface area contributed by atoms with Gasteiger partial charge < -0.3 is 15.3 Å². The first kappa shape index (κ1) is 14.8. The molecule has 5 heteroatoms. The van der Waals surface area contributed by atoms with Crippen LogP contribution in [0, 0.1) is 0 Å². The molecule has 1 aliphatic rings. The first-order valence-corrected chi connectivity index (χ1v) is 7.04. The summed E-state index contributed by atoms with van der Waals surface area (Å²) in [6.45, 7) is 3.40. The number of nitrogens with one attached hydrogen (secondary N) is 1. The van der Waals surface area contributed by atoms with Crippen molar-refractivity contribution in [3.63, 3.8) is 0 Å². The number of benzene rings is 1. The second-order valence-electron chi connectivity index (χ2n) is 5.37. The van der Waals surface area contributed by atoms with Crippen molar-refractivity contribution in [2.24, 2.45) is 0 Å². The predicted molar refractivity (Wildman–Crippen MR) is 80.2 cm³/mol. The lowest BCUT2D eigenvalue weighted by molar-refractivity contribution is -0.143. The molecule has 0 bridgehead atoms. The highest BCUT2D eigenvalue weighted by atomic mass is 16.4. The van der Waals surface area contributed by atoms with E-state index >= 15 is 0 Å². The Bertz CT molecular complexity index is 437. The summed E-state index contributed by atoms with van der Waals surface area (Å²) >= 11 is 0. The van der Waals surface area contributed by atoms with Gasteiger partial charge in [-0.1, -0.05) is 12.1 Å². The first-order valence-electron chi connectivity index (χ1n) is 7.04. The van der Waals surface area contributed by atoms with E-state index in [1.807, 2.05) is 48.2 Å². The zero-order valence-electron chi connectivity index (χ0n) is 12.2. The maximum absolute atomic E-state index is 11.7. The molecular weight excluding hydrogens is 254 g/mol. The number of rotatable bonds is 4. The van der Waals surface area contributed by atoms with Gasteiger partial charge in [0.1, 0.15) is 6.04 Å². The summed E-state index contributed by atoms with van der Waals surface area (Å²) in [6.07, 6.45) is 0.986. The molecule has 2 N–H and O–H groups in total. The van der Waals surface area contributed by atoms with Crippen LogP contribution in [0.1, 0.15) is 18.0 Å². The van der Waals surface area contributed by atoms with Gasteiger partial charge in [-0.3, -0.25) is 9.69 Å². The molecule has 5 nitrogen and oxygen atoms in total. The van der Waals surface area contributed by atoms with E-state index < -0.39 is 12.0 Å². The van der Waals surface area contributed by atoms with E-state index in [1.165, 1.54) is 0 Å². The van der Waals surface area contributed by atoms with Gasteiger partial charge in [0.05, 0.1) is 0 Å². The van der Waals surface area contributed by atoms with Gasteiger partial charge in [0, 0.05) is 39.4 Å². The number of hydrogen-bond acceptors (Lipinski definition) is 4. The van der Waals surface area contributed by atoms with Crippen LogP contribution in [0.15, 0.2) is 24.3 Å². The molecule has 0 aliphatic carbocycles. The van der Waals surface area contributed by atoms with Crippen LogP contribution in [0.2, 0.25) is 0 Å². The number of nitrogens with zero attached hydrogens (tertiary/aromatic N) is 2. The van der Waals surface area contributed by atoms with E-state index in [1.54, 1.807) is 0 Å². The fourth-order valence-electron chi connectivity index (χ4n) is 2.59. The Kier molecular flexibility index (Phi) is 4.98. The summed E-state index contributed by atoms with van der Waals surface area (Å²) in [6, 6.07) is 7.24. The predicted octanol–water partition coefficient (Wildman–Crippen LogP) is 1.17. The third-order valence-corrected chi connectivity index (χ3v) is 3.70. The molecule has 1 fully saturated rings. The minimum absolute atomic E-state index is 0.550. The summed E-state index contributed by atoms with van der Waals surface area (Å²) in [5, 5.41) is 12.9. The number of carbonyl (C=O) groups is 1. The van der Waals surface area contributed by atoms with Crippen LogP contribution in [0.3, 0.4) is 0 Å². The van der Waals surface area contributed by atoms with E-state index in [4.69, 9.17) is 0 Å². The Balaban J connectivity index is 2.21. The standard InChI is InChI=1S/C15H23N3O2/c1-17(2)13-6-4-12(5-7-13)14(15(19)20)18-10-3-8-16-9-11-18/h4-7,14,16H,3,8-11H2,1-2H3,(H,19,20). The number of hydrogen-bond donors (Lipinski definition) is 2. The molecule has 1 aliphatic heterocycles. The van der Waals surface area contributed by atoms with Gasteiger partial charge in [-0.2, -0.15) is 0 Å². The highest BCUT2D eigenvalue weighted by molar-refractivity contribution is 5.75. The molecule has 110 valence electrons. The number of carboxylic acid groups (broad SMARTS) is 1. The van der Waals surface area contributed by atoms with Crippen molar-refractivity contribution in [2.75, 3.05) is 45.2 Å². The molecule has 0 radical (unpaired) electrons. The minimum Gasteiger partial charge on any atom is -0.480 e. The van der Waals surface area contributed by atoms with Gasteiger partial charge in [-0.05, 0) is 30.7 Å². The average molecular weight is 277 g/mol. The van der Waals surface area contributed by atoms with E-state index in [9.17, 15) is 9.90 Å². The summed E-state index contributed by atoms with van der Waals surface area (Å²) in [5.74, 6) is -0.774. The maximum Gasteiger partial charge on any atom is 0.325 e. The van der Waals surface area contributed by atoms with Crippen LogP contribution >= 0.6 is 0 Å². The zero-order valence-corrected chi connectivity index (χ0v) is 12.2. The summed E-state index contributed by atoms with van der Waals surface area (Å²) < 4.78 is 0. The van der Waals surface area contributed by atoms with Crippen LogP contribution in [0.5, 0.6) is 0 Å². The summed E-state index contributed by atoms with van der Waals surface area (Å²) in [5.41, 5.74) is 1.93. The molecule has 0 spiro atoms. The summed E-state index contributed by atoms with van der Waals surface area (Å²) in [4.78, 5) is 15.7. The van der Waals surface area contributed by atoms with Crippen LogP contribution in [0.4, 0.5) is 5.69 Å².